The Morgan fingerprint density at radius 3 is 2.33 bits per heavy atom. The number of aliphatic hydroxyl groups excluding tert-OH is 1. The number of aryl methyl sites for hydroxylation is 1. The highest BCUT2D eigenvalue weighted by molar-refractivity contribution is 5.46. The van der Waals surface area contributed by atoms with Crippen molar-refractivity contribution in [1.29, 1.82) is 0 Å². The average Bonchev–Trinajstić information content (AvgIpc) is 2.20. The second-order valence-electron chi connectivity index (χ2n) is 3.41. The fourth-order valence-corrected chi connectivity index (χ4v) is 1.45. The van der Waals surface area contributed by atoms with E-state index in [4.69, 9.17) is 4.74 Å². The third-order valence-electron chi connectivity index (χ3n) is 2.47. The van der Waals surface area contributed by atoms with Gasteiger partial charge in [0.25, 0.3) is 6.43 Å². The first-order chi connectivity index (χ1) is 6.99. The Hall–Kier alpha value is -1.16. The van der Waals surface area contributed by atoms with Crippen LogP contribution in [0.3, 0.4) is 0 Å². The van der Waals surface area contributed by atoms with Gasteiger partial charge in [0, 0.05) is 5.56 Å². The van der Waals surface area contributed by atoms with Crippen LogP contribution in [0.2, 0.25) is 0 Å². The molecule has 0 heterocycles. The Kier molecular flexibility index (Phi) is 3.63. The SMILES string of the molecule is COc1c(C(O)C(F)F)ccc(C)c1C. The van der Waals surface area contributed by atoms with Gasteiger partial charge < -0.3 is 9.84 Å². The minimum atomic E-state index is -2.80. The standard InChI is InChI=1S/C11H14F2O2/c1-6-4-5-8(9(14)11(12)13)10(15-3)7(6)2/h4-5,9,11,14H,1-3H3. The number of hydrogen-bond acceptors (Lipinski definition) is 2. The van der Waals surface area contributed by atoms with Crippen LogP contribution >= 0.6 is 0 Å². The highest BCUT2D eigenvalue weighted by Crippen LogP contribution is 2.33. The number of methoxy groups -OCH3 is 1. The average molecular weight is 216 g/mol. The van der Waals surface area contributed by atoms with E-state index >= 15 is 0 Å². The van der Waals surface area contributed by atoms with Gasteiger partial charge in [-0.05, 0) is 25.0 Å². The summed E-state index contributed by atoms with van der Waals surface area (Å²) in [7, 11) is 1.41. The van der Waals surface area contributed by atoms with E-state index in [0.29, 0.717) is 5.75 Å². The third-order valence-corrected chi connectivity index (χ3v) is 2.47. The van der Waals surface area contributed by atoms with Gasteiger partial charge >= 0.3 is 0 Å². The molecule has 0 spiro atoms. The fourth-order valence-electron chi connectivity index (χ4n) is 1.45. The van der Waals surface area contributed by atoms with Gasteiger partial charge in [0.2, 0.25) is 0 Å². The maximum atomic E-state index is 12.4. The van der Waals surface area contributed by atoms with Crippen LogP contribution in [-0.4, -0.2) is 18.6 Å². The molecule has 1 atom stereocenters. The predicted molar refractivity (Wildman–Crippen MR) is 53.4 cm³/mol. The van der Waals surface area contributed by atoms with Crippen LogP contribution in [0.1, 0.15) is 22.8 Å². The molecule has 15 heavy (non-hydrogen) atoms. The van der Waals surface area contributed by atoms with Gasteiger partial charge in [-0.15, -0.1) is 0 Å². The van der Waals surface area contributed by atoms with Gasteiger partial charge in [-0.25, -0.2) is 8.78 Å². The Labute approximate surface area is 87.5 Å². The summed E-state index contributed by atoms with van der Waals surface area (Å²) in [4.78, 5) is 0. The molecule has 1 aromatic rings. The van der Waals surface area contributed by atoms with E-state index in [2.05, 4.69) is 0 Å². The van der Waals surface area contributed by atoms with Crippen LogP contribution in [0, 0.1) is 13.8 Å². The van der Waals surface area contributed by atoms with Crippen LogP contribution in [-0.2, 0) is 0 Å². The van der Waals surface area contributed by atoms with Crippen molar-refractivity contribution < 1.29 is 18.6 Å². The smallest absolute Gasteiger partial charge is 0.268 e. The summed E-state index contributed by atoms with van der Waals surface area (Å²) < 4.78 is 29.7. The molecule has 1 unspecified atom stereocenters. The summed E-state index contributed by atoms with van der Waals surface area (Å²) >= 11 is 0. The molecule has 0 saturated carbocycles. The van der Waals surface area contributed by atoms with Crippen LogP contribution < -0.4 is 4.74 Å². The maximum absolute atomic E-state index is 12.4. The lowest BCUT2D eigenvalue weighted by Crippen LogP contribution is -2.10. The van der Waals surface area contributed by atoms with Crippen LogP contribution in [0.25, 0.3) is 0 Å². The highest BCUT2D eigenvalue weighted by Gasteiger charge is 2.23. The second-order valence-corrected chi connectivity index (χ2v) is 3.41. The zero-order valence-electron chi connectivity index (χ0n) is 8.92. The van der Waals surface area contributed by atoms with E-state index in [-0.39, 0.29) is 5.56 Å². The number of hydrogen-bond donors (Lipinski definition) is 1. The topological polar surface area (TPSA) is 29.5 Å². The van der Waals surface area contributed by atoms with Crippen molar-refractivity contribution >= 4 is 0 Å². The Bertz CT molecular complexity index is 351. The summed E-state index contributed by atoms with van der Waals surface area (Å²) in [5.74, 6) is 0.336. The molecule has 0 aliphatic rings. The Morgan fingerprint density at radius 1 is 1.27 bits per heavy atom. The molecule has 0 aromatic heterocycles. The van der Waals surface area contributed by atoms with Crippen molar-refractivity contribution in [1.82, 2.24) is 0 Å². The van der Waals surface area contributed by atoms with Crippen molar-refractivity contribution in [3.63, 3.8) is 0 Å². The fraction of sp³-hybridized carbons (Fsp3) is 0.455. The lowest BCUT2D eigenvalue weighted by atomic mass is 10.0. The number of benzene rings is 1. The molecule has 0 amide bonds. The van der Waals surface area contributed by atoms with Crippen molar-refractivity contribution in [2.45, 2.75) is 26.4 Å². The van der Waals surface area contributed by atoms with E-state index < -0.39 is 12.5 Å². The van der Waals surface area contributed by atoms with Crippen molar-refractivity contribution in [3.05, 3.63) is 28.8 Å². The number of halogens is 2. The first-order valence-corrected chi connectivity index (χ1v) is 4.59. The quantitative estimate of drug-likeness (QED) is 0.841. The van der Waals surface area contributed by atoms with Gasteiger partial charge in [-0.2, -0.15) is 0 Å². The van der Waals surface area contributed by atoms with Crippen molar-refractivity contribution in [2.24, 2.45) is 0 Å². The molecule has 1 rings (SSSR count). The number of aliphatic hydroxyl groups is 1. The molecule has 1 aromatic carbocycles. The van der Waals surface area contributed by atoms with Crippen molar-refractivity contribution in [3.8, 4) is 5.75 Å². The normalized spacial score (nSPS) is 13.0. The zero-order chi connectivity index (χ0) is 11.6. The summed E-state index contributed by atoms with van der Waals surface area (Å²) in [5, 5.41) is 9.30. The molecule has 4 heteroatoms. The monoisotopic (exact) mass is 216 g/mol. The number of rotatable bonds is 3. The lowest BCUT2D eigenvalue weighted by molar-refractivity contribution is -0.00703. The molecule has 0 saturated heterocycles. The van der Waals surface area contributed by atoms with Crippen LogP contribution in [0.5, 0.6) is 5.75 Å². The predicted octanol–water partition coefficient (Wildman–Crippen LogP) is 2.61. The molecular weight excluding hydrogens is 202 g/mol. The first-order valence-electron chi connectivity index (χ1n) is 4.59. The molecule has 0 radical (unpaired) electrons. The van der Waals surface area contributed by atoms with Gasteiger partial charge in [0.1, 0.15) is 11.9 Å². The molecule has 0 aliphatic heterocycles. The second kappa shape index (κ2) is 4.57. The molecule has 2 nitrogen and oxygen atoms in total. The van der Waals surface area contributed by atoms with E-state index in [1.54, 1.807) is 13.0 Å². The Balaban J connectivity index is 3.24. The largest absolute Gasteiger partial charge is 0.496 e. The van der Waals surface area contributed by atoms with E-state index in [1.807, 2.05) is 6.92 Å². The van der Waals surface area contributed by atoms with E-state index in [1.165, 1.54) is 13.2 Å². The third kappa shape index (κ3) is 2.26. The van der Waals surface area contributed by atoms with E-state index in [9.17, 15) is 13.9 Å². The molecular formula is C11H14F2O2. The molecule has 0 bridgehead atoms. The van der Waals surface area contributed by atoms with Crippen molar-refractivity contribution in [2.75, 3.05) is 7.11 Å². The lowest BCUT2D eigenvalue weighted by Gasteiger charge is -2.17. The van der Waals surface area contributed by atoms with Gasteiger partial charge in [-0.1, -0.05) is 12.1 Å². The number of ether oxygens (including phenoxy) is 1. The minimum absolute atomic E-state index is 0.135. The summed E-state index contributed by atoms with van der Waals surface area (Å²) in [5.41, 5.74) is 1.85. The van der Waals surface area contributed by atoms with Crippen LogP contribution in [0.15, 0.2) is 12.1 Å². The molecule has 84 valence electrons. The molecule has 0 fully saturated rings. The van der Waals surface area contributed by atoms with Crippen LogP contribution in [0.4, 0.5) is 8.78 Å². The van der Waals surface area contributed by atoms with Gasteiger partial charge in [0.05, 0.1) is 7.11 Å². The maximum Gasteiger partial charge on any atom is 0.268 e. The van der Waals surface area contributed by atoms with E-state index in [0.717, 1.165) is 11.1 Å². The number of alkyl halides is 2. The Morgan fingerprint density at radius 2 is 1.87 bits per heavy atom. The van der Waals surface area contributed by atoms with Gasteiger partial charge in [-0.3, -0.25) is 0 Å². The zero-order valence-corrected chi connectivity index (χ0v) is 8.92. The van der Waals surface area contributed by atoms with Gasteiger partial charge in [0.15, 0.2) is 0 Å². The summed E-state index contributed by atoms with van der Waals surface area (Å²) in [6, 6.07) is 3.16. The highest BCUT2D eigenvalue weighted by atomic mass is 19.3. The summed E-state index contributed by atoms with van der Waals surface area (Å²) in [6.07, 6.45) is -4.60. The molecule has 1 N–H and O–H groups in total. The summed E-state index contributed by atoms with van der Waals surface area (Å²) in [6.45, 7) is 3.63. The molecule has 0 aliphatic carbocycles. The first kappa shape index (κ1) is 11.9. The minimum Gasteiger partial charge on any atom is -0.496 e.